The van der Waals surface area contributed by atoms with E-state index in [0.29, 0.717) is 71.5 Å². The number of rotatable bonds is 23. The van der Waals surface area contributed by atoms with Crippen LogP contribution in [0.1, 0.15) is 103 Å². The summed E-state index contributed by atoms with van der Waals surface area (Å²) in [6.07, 6.45) is -9.15. The Morgan fingerprint density at radius 3 is 1.29 bits per heavy atom. The minimum Gasteiger partial charge on any atom is -0.493 e. The molecule has 2 saturated heterocycles. The van der Waals surface area contributed by atoms with Gasteiger partial charge in [0.05, 0.1) is 61.9 Å². The van der Waals surface area contributed by atoms with Crippen LogP contribution in [0.25, 0.3) is 22.3 Å². The molecule has 27 heteroatoms. The highest BCUT2D eigenvalue weighted by molar-refractivity contribution is 5.85. The molecule has 2 aliphatic heterocycles. The van der Waals surface area contributed by atoms with Gasteiger partial charge in [-0.2, -0.15) is 14.7 Å². The number of carbonyl (C=O) groups excluding carboxylic acids is 3. The first kappa shape index (κ1) is 70.9. The van der Waals surface area contributed by atoms with Gasteiger partial charge < -0.3 is 97.8 Å². The number of amides is 2. The van der Waals surface area contributed by atoms with E-state index in [1.54, 1.807) is 72.2 Å². The Morgan fingerprint density at radius 2 is 0.902 bits per heavy atom. The predicted molar refractivity (Wildman–Crippen MR) is 325 cm³/mol. The lowest BCUT2D eigenvalue weighted by Crippen LogP contribution is -2.63. The molecule has 2 amide bonds. The molecule has 27 nitrogen and oxygen atoms in total. The highest BCUT2D eigenvalue weighted by Gasteiger charge is 2.56. The number of ether oxygens (including phenoxy) is 11. The minimum absolute atomic E-state index is 0.179. The minimum atomic E-state index is -1.84. The van der Waals surface area contributed by atoms with Gasteiger partial charge in [0, 0.05) is 25.0 Å². The van der Waals surface area contributed by atoms with Gasteiger partial charge in [0.15, 0.2) is 53.5 Å². The zero-order chi connectivity index (χ0) is 67.2. The number of nitrogens with one attached hydrogen (secondary N) is 2. The molecule has 12 atom stereocenters. The molecule has 92 heavy (non-hydrogen) atoms. The number of aliphatic carboxylic acids is 1. The zero-order valence-electron chi connectivity index (χ0n) is 54.0. The number of carboxylic acid groups (broad SMARTS) is 1. The number of carbonyl (C=O) groups is 4. The Labute approximate surface area is 532 Å². The number of hydrogen-bond acceptors (Lipinski definition) is 24. The second-order valence-corrected chi connectivity index (χ2v) is 22.4. The lowest BCUT2D eigenvalue weighted by molar-refractivity contribution is -0.446. The first-order valence-corrected chi connectivity index (χ1v) is 29.3. The van der Waals surface area contributed by atoms with E-state index in [2.05, 4.69) is 10.6 Å². The fourth-order valence-corrected chi connectivity index (χ4v) is 10.9. The maximum Gasteiger partial charge on any atom is 0.338 e. The topological polar surface area (TPSA) is 330 Å². The van der Waals surface area contributed by atoms with Crippen molar-refractivity contribution in [3.05, 3.63) is 106 Å². The van der Waals surface area contributed by atoms with Gasteiger partial charge in [-0.1, -0.05) is 12.1 Å². The Kier molecular flexibility index (Phi) is 24.8. The summed E-state index contributed by atoms with van der Waals surface area (Å²) in [6.45, 7) is 13.7. The van der Waals surface area contributed by atoms with Gasteiger partial charge in [-0.15, -0.1) is 0 Å². The van der Waals surface area contributed by atoms with Crippen molar-refractivity contribution in [1.29, 1.82) is 0 Å². The number of carboxylic acids is 1. The fraction of sp³-hybridized carbons (Fsp3) is 0.477. The quantitative estimate of drug-likeness (QED) is 0.0184. The first-order valence-electron chi connectivity index (χ1n) is 29.3. The molecular weight excluding hydrogens is 1210 g/mol. The average molecular weight is 1290 g/mol. The molecule has 4 aliphatic rings. The number of aliphatic hydroxyl groups is 3. The van der Waals surface area contributed by atoms with Crippen LogP contribution in [0.15, 0.2) is 84.0 Å². The van der Waals surface area contributed by atoms with Gasteiger partial charge in [-0.3, -0.25) is 9.59 Å². The molecule has 2 aliphatic carbocycles. The molecule has 0 spiro atoms. The average Bonchev–Trinajstić information content (AvgIpc) is 1.42. The lowest BCUT2D eigenvalue weighted by Gasteiger charge is -2.41. The number of hydrogen-bond donors (Lipinski definition) is 6. The van der Waals surface area contributed by atoms with Crippen molar-refractivity contribution in [2.45, 2.75) is 155 Å². The van der Waals surface area contributed by atoms with Crippen molar-refractivity contribution in [3.63, 3.8) is 0 Å². The molecule has 0 bridgehead atoms. The maximum atomic E-state index is 13.2. The second-order valence-electron chi connectivity index (χ2n) is 22.4. The van der Waals surface area contributed by atoms with E-state index in [4.69, 9.17) is 81.4 Å². The summed E-state index contributed by atoms with van der Waals surface area (Å²) in [7, 11) is 10.4. The van der Waals surface area contributed by atoms with Crippen LogP contribution in [-0.4, -0.2) is 155 Å². The molecule has 502 valence electrons. The lowest BCUT2D eigenvalue weighted by atomic mass is 9.93. The molecule has 0 saturated carbocycles. The highest BCUT2D eigenvalue weighted by atomic mass is 17.2. The maximum absolute atomic E-state index is 13.2. The number of fused-ring (bicyclic) bond motifs is 6. The van der Waals surface area contributed by atoms with Crippen molar-refractivity contribution >= 4 is 23.8 Å². The second kappa shape index (κ2) is 32.1. The van der Waals surface area contributed by atoms with Gasteiger partial charge in [0.2, 0.25) is 35.9 Å². The molecule has 0 aromatic heterocycles. The summed E-state index contributed by atoms with van der Waals surface area (Å²) in [4.78, 5) is 82.9. The van der Waals surface area contributed by atoms with Crippen molar-refractivity contribution in [2.75, 3.05) is 49.8 Å². The smallest absolute Gasteiger partial charge is 0.338 e. The normalized spacial score (nSPS) is 23.4. The largest absolute Gasteiger partial charge is 0.493 e. The summed E-state index contributed by atoms with van der Waals surface area (Å²) in [5.74, 6) is 0.461. The van der Waals surface area contributed by atoms with Crippen LogP contribution in [-0.2, 0) is 75.6 Å². The van der Waals surface area contributed by atoms with E-state index in [0.717, 1.165) is 55.7 Å². The molecule has 4 aromatic carbocycles. The van der Waals surface area contributed by atoms with E-state index in [1.165, 1.54) is 68.2 Å². The molecular formula is C65H82N2O25. The molecule has 8 rings (SSSR count). The third kappa shape index (κ3) is 16.4. The SMILES string of the molecule is COC(=O)[C@H]1O[C@H](Oc2ccc3c(c2)[C@@H](NC(C)=O)CCc2cc(OC)c(OC)c(OC)c2-3)[C@H](OOC=C(C)C)[C@@H](OOC=C(C)C)[C@@H]1OOC=C(C)C.COc1cc2c(c(OC)c1OC)-c1ccc(O[C@H]3O[C@H](C(=O)O)[C@@H](O)[C@H](O)[C@H]3O)cc1[C@@H](NC(C)=O)CC2. The van der Waals surface area contributed by atoms with Gasteiger partial charge in [0.25, 0.3) is 0 Å². The van der Waals surface area contributed by atoms with Gasteiger partial charge in [-0.05, 0) is 154 Å². The van der Waals surface area contributed by atoms with Crippen molar-refractivity contribution in [2.24, 2.45) is 0 Å². The van der Waals surface area contributed by atoms with Gasteiger partial charge in [0.1, 0.15) is 48.6 Å². The number of aryl methyl sites for hydroxylation is 2. The zero-order valence-corrected chi connectivity index (χ0v) is 54.0. The van der Waals surface area contributed by atoms with Crippen LogP contribution in [0.4, 0.5) is 0 Å². The first-order chi connectivity index (χ1) is 43.9. The Morgan fingerprint density at radius 1 is 0.489 bits per heavy atom. The van der Waals surface area contributed by atoms with Crippen LogP contribution >= 0.6 is 0 Å². The number of benzene rings is 4. The van der Waals surface area contributed by atoms with Crippen LogP contribution < -0.4 is 48.5 Å². The number of methoxy groups -OCH3 is 7. The van der Waals surface area contributed by atoms with Crippen molar-refractivity contribution in [1.82, 2.24) is 10.6 Å². The van der Waals surface area contributed by atoms with Crippen molar-refractivity contribution < 1.29 is 121 Å². The molecule has 2 fully saturated rings. The third-order valence-corrected chi connectivity index (χ3v) is 14.9. The fourth-order valence-electron chi connectivity index (χ4n) is 10.9. The van der Waals surface area contributed by atoms with E-state index in [1.807, 2.05) is 32.0 Å². The molecule has 2 heterocycles. The summed E-state index contributed by atoms with van der Waals surface area (Å²) < 4.78 is 62.9. The van der Waals surface area contributed by atoms with Crippen LogP contribution in [0.2, 0.25) is 0 Å². The Hall–Kier alpha value is -8.54. The number of esters is 1. The van der Waals surface area contributed by atoms with E-state index in [9.17, 15) is 39.6 Å². The Balaban J connectivity index is 0.000000277. The molecule has 6 N–H and O–H groups in total. The number of aliphatic hydroxyl groups excluding tert-OH is 3. The van der Waals surface area contributed by atoms with Gasteiger partial charge in [-0.25, -0.2) is 9.59 Å². The molecule has 4 aromatic rings. The predicted octanol–water partition coefficient (Wildman–Crippen LogP) is 7.27. The Bertz CT molecular complexity index is 3350. The van der Waals surface area contributed by atoms with E-state index < -0.39 is 85.4 Å². The molecule has 0 unspecified atom stereocenters. The summed E-state index contributed by atoms with van der Waals surface area (Å²) in [5, 5.41) is 45.8. The monoisotopic (exact) mass is 1290 g/mol. The summed E-state index contributed by atoms with van der Waals surface area (Å²) >= 11 is 0. The van der Waals surface area contributed by atoms with E-state index >= 15 is 0 Å². The van der Waals surface area contributed by atoms with Crippen LogP contribution in [0.3, 0.4) is 0 Å². The molecule has 0 radical (unpaired) electrons. The summed E-state index contributed by atoms with van der Waals surface area (Å²) in [6, 6.07) is 13.2. The van der Waals surface area contributed by atoms with Crippen LogP contribution in [0, 0.1) is 0 Å². The van der Waals surface area contributed by atoms with Crippen LogP contribution in [0.5, 0.6) is 46.0 Å². The van der Waals surface area contributed by atoms with Crippen molar-refractivity contribution in [3.8, 4) is 68.2 Å². The van der Waals surface area contributed by atoms with E-state index in [-0.39, 0.29) is 17.6 Å². The number of allylic oxidation sites excluding steroid dienone is 3. The summed E-state index contributed by atoms with van der Waals surface area (Å²) in [5.41, 5.74) is 8.61. The highest BCUT2D eigenvalue weighted by Crippen LogP contribution is 2.53. The van der Waals surface area contributed by atoms with Gasteiger partial charge >= 0.3 is 11.9 Å². The standard InChI is InChI=1S/C39H51NO14.C26H31NO11/c1-21(2)18-47-52-34-35(53-48-19-22(3)4)37(54-49-20-23(5)6)39(51-36(34)38(42)46-11)50-26-13-14-27-28(17-26)29(40-24(7)41)15-12-25-16-30(43-8)32(44-9)33(45-10)31(25)27;1-11(28)27-16-8-5-12-9-17(34-2)22(35-3)23(36-4)18(12)14-7-6-13(10-15(14)16)37-26-21(31)19(29)20(30)24(38-26)25(32)33/h13-14,16-20,29,34-37,39H,12,15H2,1-11H3,(H,40,41);6-7,9-10,16,19-21,24,26,29-31H,5,8H2,1-4H3,(H,27,28)(H,32,33)/t29-,34-,35-,36-,37+,39-;16-,19-,20-,21+,24-,26-/m00/s1. The third-order valence-electron chi connectivity index (χ3n) is 14.9.